The molecule has 0 aliphatic heterocycles. The monoisotopic (exact) mass is 402 g/mol. The van der Waals surface area contributed by atoms with Crippen LogP contribution >= 0.6 is 0 Å². The smallest absolute Gasteiger partial charge is 0.287 e. The highest BCUT2D eigenvalue weighted by Gasteiger charge is 2.16. The first-order valence-electron chi connectivity index (χ1n) is 9.36. The summed E-state index contributed by atoms with van der Waals surface area (Å²) in [6.07, 6.45) is 3.16. The van der Waals surface area contributed by atoms with Gasteiger partial charge in [-0.05, 0) is 38.1 Å². The quantitative estimate of drug-likeness (QED) is 0.411. The zero-order valence-corrected chi connectivity index (χ0v) is 16.3. The predicted molar refractivity (Wildman–Crippen MR) is 109 cm³/mol. The van der Waals surface area contributed by atoms with Crippen LogP contribution in [0.15, 0.2) is 51.8 Å². The number of aromatic nitrogens is 5. The topological polar surface area (TPSA) is 126 Å². The third-order valence-corrected chi connectivity index (χ3v) is 4.79. The summed E-state index contributed by atoms with van der Waals surface area (Å²) in [5.41, 5.74) is 5.01. The van der Waals surface area contributed by atoms with Crippen LogP contribution in [0.2, 0.25) is 0 Å². The molecule has 1 amide bonds. The lowest BCUT2D eigenvalue weighted by Gasteiger charge is -2.00. The molecule has 150 valence electrons. The summed E-state index contributed by atoms with van der Waals surface area (Å²) in [5, 5.41) is 7.63. The second kappa shape index (κ2) is 7.03. The van der Waals surface area contributed by atoms with Gasteiger partial charge >= 0.3 is 0 Å². The van der Waals surface area contributed by atoms with Crippen LogP contribution in [-0.4, -0.2) is 31.0 Å². The van der Waals surface area contributed by atoms with Crippen molar-refractivity contribution in [2.24, 2.45) is 0 Å². The van der Waals surface area contributed by atoms with Gasteiger partial charge in [-0.2, -0.15) is 4.98 Å². The first-order valence-corrected chi connectivity index (χ1v) is 9.36. The number of nitrogens with zero attached hydrogens (tertiary/aromatic N) is 3. The van der Waals surface area contributed by atoms with Crippen molar-refractivity contribution >= 4 is 16.8 Å². The fraction of sp³-hybridized carbons (Fsp3) is 0.143. The average molecular weight is 402 g/mol. The van der Waals surface area contributed by atoms with Crippen LogP contribution in [0.1, 0.15) is 27.7 Å². The summed E-state index contributed by atoms with van der Waals surface area (Å²) in [6, 6.07) is 9.68. The number of aromatic amines is 2. The number of fused-ring (bicyclic) bond motifs is 1. The maximum Gasteiger partial charge on any atom is 0.287 e. The maximum atomic E-state index is 12.4. The lowest BCUT2D eigenvalue weighted by atomic mass is 10.1. The normalized spacial score (nSPS) is 11.3. The Morgan fingerprint density at radius 1 is 1.13 bits per heavy atom. The van der Waals surface area contributed by atoms with E-state index in [1.54, 1.807) is 25.5 Å². The first kappa shape index (κ1) is 17.9. The Morgan fingerprint density at radius 2 is 2.03 bits per heavy atom. The summed E-state index contributed by atoms with van der Waals surface area (Å²) in [5.74, 6) is 1.01. The number of H-pyrrole nitrogens is 2. The van der Waals surface area contributed by atoms with Gasteiger partial charge < -0.3 is 24.2 Å². The number of hydrogen-bond donors (Lipinski definition) is 3. The van der Waals surface area contributed by atoms with Crippen molar-refractivity contribution in [1.82, 2.24) is 30.4 Å². The molecule has 30 heavy (non-hydrogen) atoms. The van der Waals surface area contributed by atoms with Gasteiger partial charge in [0.25, 0.3) is 11.8 Å². The molecule has 0 aliphatic rings. The van der Waals surface area contributed by atoms with Gasteiger partial charge in [-0.15, -0.1) is 0 Å². The molecule has 0 aliphatic carbocycles. The van der Waals surface area contributed by atoms with Gasteiger partial charge in [0, 0.05) is 34.3 Å². The number of benzene rings is 1. The highest BCUT2D eigenvalue weighted by Crippen LogP contribution is 2.28. The standard InChI is InChI=1S/C21H18N6O3/c1-11-18(26-19(23-11)20(28)22-9-13-5-6-29-10-13)14-3-4-16-15(7-14)8-17(25-16)21-24-12(2)27-30-21/h3-8,10,25H,9H2,1-2H3,(H,22,28)(H,23,26). The second-order valence-electron chi connectivity index (χ2n) is 7.01. The predicted octanol–water partition coefficient (Wildman–Crippen LogP) is 3.75. The molecule has 3 N–H and O–H groups in total. The fourth-order valence-corrected chi connectivity index (χ4v) is 3.31. The molecular weight excluding hydrogens is 384 g/mol. The Hall–Kier alpha value is -4.14. The Morgan fingerprint density at radius 3 is 2.80 bits per heavy atom. The van der Waals surface area contributed by atoms with Crippen LogP contribution in [0, 0.1) is 13.8 Å². The van der Waals surface area contributed by atoms with Crippen molar-refractivity contribution in [3.8, 4) is 22.8 Å². The first-order chi connectivity index (χ1) is 14.6. The summed E-state index contributed by atoms with van der Waals surface area (Å²) in [6.45, 7) is 4.04. The zero-order chi connectivity index (χ0) is 20.7. The van der Waals surface area contributed by atoms with E-state index >= 15 is 0 Å². The van der Waals surface area contributed by atoms with Crippen LogP contribution in [0.5, 0.6) is 0 Å². The number of carbonyl (C=O) groups excluding carboxylic acids is 1. The van der Waals surface area contributed by atoms with Gasteiger partial charge in [0.05, 0.1) is 18.2 Å². The Labute approximate surface area is 170 Å². The number of imidazole rings is 1. The van der Waals surface area contributed by atoms with E-state index in [-0.39, 0.29) is 11.7 Å². The molecule has 0 radical (unpaired) electrons. The molecule has 0 fully saturated rings. The van der Waals surface area contributed by atoms with Crippen molar-refractivity contribution in [2.45, 2.75) is 20.4 Å². The van der Waals surface area contributed by atoms with Gasteiger partial charge in [0.1, 0.15) is 5.69 Å². The van der Waals surface area contributed by atoms with E-state index in [0.717, 1.165) is 39.1 Å². The van der Waals surface area contributed by atoms with Crippen LogP contribution in [0.3, 0.4) is 0 Å². The molecule has 0 atom stereocenters. The Balaban J connectivity index is 1.41. The van der Waals surface area contributed by atoms with Gasteiger partial charge in [-0.1, -0.05) is 11.2 Å². The van der Waals surface area contributed by atoms with Gasteiger partial charge in [-0.3, -0.25) is 4.79 Å². The molecule has 4 heterocycles. The van der Waals surface area contributed by atoms with Gasteiger partial charge in [0.2, 0.25) is 0 Å². The molecule has 5 aromatic rings. The van der Waals surface area contributed by atoms with Crippen LogP contribution in [0.4, 0.5) is 0 Å². The van der Waals surface area contributed by atoms with E-state index in [4.69, 9.17) is 8.94 Å². The van der Waals surface area contributed by atoms with Crippen LogP contribution in [0.25, 0.3) is 33.7 Å². The summed E-state index contributed by atoms with van der Waals surface area (Å²) < 4.78 is 10.2. The minimum atomic E-state index is -0.276. The molecule has 0 saturated heterocycles. The number of nitrogens with one attached hydrogen (secondary N) is 3. The SMILES string of the molecule is Cc1noc(-c2cc3cc(-c4nc(C(=O)NCc5ccoc5)[nH]c4C)ccc3[nH]2)n1. The van der Waals surface area contributed by atoms with E-state index in [0.29, 0.717) is 18.3 Å². The van der Waals surface area contributed by atoms with Gasteiger partial charge in [0.15, 0.2) is 11.6 Å². The number of rotatable bonds is 5. The molecule has 0 unspecified atom stereocenters. The van der Waals surface area contributed by atoms with Crippen molar-refractivity contribution in [1.29, 1.82) is 0 Å². The van der Waals surface area contributed by atoms with Crippen molar-refractivity contribution in [3.63, 3.8) is 0 Å². The molecule has 0 saturated carbocycles. The Kier molecular flexibility index (Phi) is 4.20. The van der Waals surface area contributed by atoms with E-state index in [1.807, 2.05) is 31.2 Å². The largest absolute Gasteiger partial charge is 0.472 e. The molecule has 9 nitrogen and oxygen atoms in total. The number of aryl methyl sites for hydroxylation is 2. The molecule has 4 aromatic heterocycles. The zero-order valence-electron chi connectivity index (χ0n) is 16.3. The second-order valence-corrected chi connectivity index (χ2v) is 7.01. The number of hydrogen-bond acceptors (Lipinski definition) is 6. The number of furan rings is 1. The minimum absolute atomic E-state index is 0.266. The lowest BCUT2D eigenvalue weighted by molar-refractivity contribution is 0.0941. The highest BCUT2D eigenvalue weighted by atomic mass is 16.5. The van der Waals surface area contributed by atoms with Gasteiger partial charge in [-0.25, -0.2) is 4.98 Å². The minimum Gasteiger partial charge on any atom is -0.472 e. The van der Waals surface area contributed by atoms with Crippen LogP contribution in [-0.2, 0) is 6.54 Å². The molecule has 5 rings (SSSR count). The van der Waals surface area contributed by atoms with E-state index in [9.17, 15) is 4.79 Å². The molecule has 9 heteroatoms. The highest BCUT2D eigenvalue weighted by molar-refractivity contribution is 5.92. The van der Waals surface area contributed by atoms with Crippen molar-refractivity contribution in [3.05, 3.63) is 65.8 Å². The lowest BCUT2D eigenvalue weighted by Crippen LogP contribution is -2.23. The van der Waals surface area contributed by atoms with E-state index in [1.165, 1.54) is 0 Å². The third kappa shape index (κ3) is 3.26. The van der Waals surface area contributed by atoms with Crippen molar-refractivity contribution in [2.75, 3.05) is 0 Å². The van der Waals surface area contributed by atoms with E-state index < -0.39 is 0 Å². The number of amides is 1. The fourth-order valence-electron chi connectivity index (χ4n) is 3.31. The number of carbonyl (C=O) groups is 1. The summed E-state index contributed by atoms with van der Waals surface area (Å²) in [7, 11) is 0. The van der Waals surface area contributed by atoms with Crippen LogP contribution < -0.4 is 5.32 Å². The molecule has 1 aromatic carbocycles. The molecule has 0 bridgehead atoms. The maximum absolute atomic E-state index is 12.4. The van der Waals surface area contributed by atoms with Crippen molar-refractivity contribution < 1.29 is 13.7 Å². The summed E-state index contributed by atoms with van der Waals surface area (Å²) >= 11 is 0. The molecule has 0 spiro atoms. The Bertz CT molecular complexity index is 1340. The average Bonchev–Trinajstić information content (AvgIpc) is 3.51. The summed E-state index contributed by atoms with van der Waals surface area (Å²) in [4.78, 5) is 27.6. The third-order valence-electron chi connectivity index (χ3n) is 4.79. The van der Waals surface area contributed by atoms with E-state index in [2.05, 4.69) is 30.4 Å². The molecular formula is C21H18N6O3.